The lowest BCUT2D eigenvalue weighted by atomic mass is 9.81. The fraction of sp³-hybridized carbons (Fsp3) is 0.611. The Bertz CT molecular complexity index is 535. The van der Waals surface area contributed by atoms with Gasteiger partial charge < -0.3 is 14.4 Å². The fourth-order valence-electron chi connectivity index (χ4n) is 3.24. The highest BCUT2D eigenvalue weighted by atomic mass is 16.5. The molecule has 0 aliphatic carbocycles. The lowest BCUT2D eigenvalue weighted by molar-refractivity contribution is -0.150. The molecule has 2 aliphatic heterocycles. The molecular formula is C18H25NO3. The van der Waals surface area contributed by atoms with Crippen molar-refractivity contribution in [3.05, 3.63) is 29.8 Å². The molecule has 120 valence electrons. The largest absolute Gasteiger partial charge is 0.493 e. The molecule has 0 unspecified atom stereocenters. The Balaban J connectivity index is 1.61. The Labute approximate surface area is 132 Å². The van der Waals surface area contributed by atoms with Crippen LogP contribution in [0.1, 0.15) is 37.7 Å². The molecule has 4 nitrogen and oxygen atoms in total. The van der Waals surface area contributed by atoms with Crippen molar-refractivity contribution in [3.8, 4) is 5.75 Å². The Morgan fingerprint density at radius 3 is 2.86 bits per heavy atom. The van der Waals surface area contributed by atoms with Crippen LogP contribution in [0, 0.1) is 5.41 Å². The predicted molar refractivity (Wildman–Crippen MR) is 85.1 cm³/mol. The normalized spacial score (nSPS) is 24.2. The molecule has 0 saturated carbocycles. The van der Waals surface area contributed by atoms with Crippen molar-refractivity contribution in [3.63, 3.8) is 0 Å². The summed E-state index contributed by atoms with van der Waals surface area (Å²) < 4.78 is 11.3. The zero-order valence-electron chi connectivity index (χ0n) is 13.5. The summed E-state index contributed by atoms with van der Waals surface area (Å²) in [6.07, 6.45) is 2.87. The first-order valence-corrected chi connectivity index (χ1v) is 8.14. The van der Waals surface area contributed by atoms with Gasteiger partial charge in [0.05, 0.1) is 19.1 Å². The van der Waals surface area contributed by atoms with Crippen molar-refractivity contribution in [1.82, 2.24) is 4.90 Å². The van der Waals surface area contributed by atoms with E-state index < -0.39 is 0 Å². The number of likely N-dealkylation sites (tertiary alicyclic amines) is 1. The molecule has 0 radical (unpaired) electrons. The van der Waals surface area contributed by atoms with Gasteiger partial charge in [-0.25, -0.2) is 0 Å². The lowest BCUT2D eigenvalue weighted by Crippen LogP contribution is -2.39. The first kappa shape index (κ1) is 15.3. The summed E-state index contributed by atoms with van der Waals surface area (Å²) in [5, 5.41) is 0. The summed E-state index contributed by atoms with van der Waals surface area (Å²) >= 11 is 0. The fourth-order valence-corrected chi connectivity index (χ4v) is 3.24. The van der Waals surface area contributed by atoms with E-state index in [9.17, 15) is 4.79 Å². The van der Waals surface area contributed by atoms with Crippen molar-refractivity contribution < 1.29 is 14.3 Å². The maximum Gasteiger partial charge on any atom is 0.313 e. The van der Waals surface area contributed by atoms with E-state index in [1.165, 1.54) is 0 Å². The van der Waals surface area contributed by atoms with Crippen molar-refractivity contribution in [2.45, 2.75) is 32.1 Å². The van der Waals surface area contributed by atoms with Crippen LogP contribution in [0.4, 0.5) is 0 Å². The first-order chi connectivity index (χ1) is 10.6. The molecule has 0 spiro atoms. The summed E-state index contributed by atoms with van der Waals surface area (Å²) in [5.41, 5.74) is 1.08. The Morgan fingerprint density at radius 2 is 2.09 bits per heavy atom. The van der Waals surface area contributed by atoms with Gasteiger partial charge in [0.2, 0.25) is 0 Å². The maximum absolute atomic E-state index is 12.5. The number of carbonyl (C=O) groups excluding carboxylic acids is 1. The topological polar surface area (TPSA) is 38.8 Å². The van der Waals surface area contributed by atoms with E-state index in [0.717, 1.165) is 37.2 Å². The van der Waals surface area contributed by atoms with E-state index in [0.29, 0.717) is 19.6 Å². The van der Waals surface area contributed by atoms with Gasteiger partial charge in [-0.3, -0.25) is 4.79 Å². The number of piperidine rings is 1. The summed E-state index contributed by atoms with van der Waals surface area (Å²) in [5.74, 6) is 0.539. The number of fused-ring (bicyclic) bond motifs is 1. The number of hydrogen-bond donors (Lipinski definition) is 0. The predicted octanol–water partition coefficient (Wildman–Crippen LogP) is 2.83. The molecule has 1 saturated heterocycles. The molecule has 0 bridgehead atoms. The minimum atomic E-state index is -0.181. The average molecular weight is 303 g/mol. The second kappa shape index (κ2) is 6.29. The quantitative estimate of drug-likeness (QED) is 0.805. The van der Waals surface area contributed by atoms with Crippen LogP contribution in [0.25, 0.3) is 0 Å². The van der Waals surface area contributed by atoms with E-state index in [-0.39, 0.29) is 17.3 Å². The van der Waals surface area contributed by atoms with Crippen LogP contribution in [0.5, 0.6) is 5.75 Å². The molecule has 0 aromatic heterocycles. The van der Waals surface area contributed by atoms with Crippen LogP contribution >= 0.6 is 0 Å². The highest BCUT2D eigenvalue weighted by molar-refractivity contribution is 5.79. The molecule has 4 heteroatoms. The van der Waals surface area contributed by atoms with Crippen LogP contribution in [0.3, 0.4) is 0 Å². The van der Waals surface area contributed by atoms with Crippen molar-refractivity contribution >= 4 is 5.97 Å². The Morgan fingerprint density at radius 1 is 1.36 bits per heavy atom. The van der Waals surface area contributed by atoms with Gasteiger partial charge in [0.25, 0.3) is 0 Å². The number of para-hydroxylation sites is 1. The summed E-state index contributed by atoms with van der Waals surface area (Å²) in [7, 11) is 2.14. The van der Waals surface area contributed by atoms with Crippen LogP contribution in [-0.2, 0) is 9.53 Å². The number of carbonyl (C=O) groups is 1. The van der Waals surface area contributed by atoms with E-state index in [4.69, 9.17) is 9.47 Å². The smallest absolute Gasteiger partial charge is 0.313 e. The van der Waals surface area contributed by atoms with Crippen LogP contribution < -0.4 is 4.74 Å². The molecular weight excluding hydrogens is 278 g/mol. The molecule has 2 aliphatic rings. The second-order valence-corrected chi connectivity index (χ2v) is 6.95. The molecule has 0 N–H and O–H groups in total. The van der Waals surface area contributed by atoms with Crippen molar-refractivity contribution in [2.75, 3.05) is 33.4 Å². The number of esters is 1. The number of ether oxygens (including phenoxy) is 2. The van der Waals surface area contributed by atoms with Gasteiger partial charge in [-0.15, -0.1) is 0 Å². The number of benzene rings is 1. The third kappa shape index (κ3) is 3.27. The molecule has 0 amide bonds. The first-order valence-electron chi connectivity index (χ1n) is 8.14. The van der Waals surface area contributed by atoms with Gasteiger partial charge in [0.15, 0.2) is 0 Å². The van der Waals surface area contributed by atoms with Crippen LogP contribution in [0.2, 0.25) is 0 Å². The monoisotopic (exact) mass is 303 g/mol. The molecule has 1 aromatic rings. The van der Waals surface area contributed by atoms with Crippen LogP contribution in [0.15, 0.2) is 24.3 Å². The third-order valence-electron chi connectivity index (χ3n) is 5.00. The highest BCUT2D eigenvalue weighted by Crippen LogP contribution is 2.35. The third-order valence-corrected chi connectivity index (χ3v) is 5.00. The van der Waals surface area contributed by atoms with Crippen LogP contribution in [-0.4, -0.2) is 44.2 Å². The average Bonchev–Trinajstić information content (AvgIpc) is 2.55. The lowest BCUT2D eigenvalue weighted by Gasteiger charge is -2.37. The minimum Gasteiger partial charge on any atom is -0.493 e. The Hall–Kier alpha value is -1.55. The van der Waals surface area contributed by atoms with Gasteiger partial charge in [-0.05, 0) is 45.5 Å². The maximum atomic E-state index is 12.5. The zero-order valence-corrected chi connectivity index (χ0v) is 13.5. The summed E-state index contributed by atoms with van der Waals surface area (Å²) in [6.45, 7) is 5.49. The number of nitrogens with zero attached hydrogens (tertiary/aromatic N) is 1. The van der Waals surface area contributed by atoms with Gasteiger partial charge in [0, 0.05) is 11.0 Å². The summed E-state index contributed by atoms with van der Waals surface area (Å²) in [4.78, 5) is 14.9. The van der Waals surface area contributed by atoms with Gasteiger partial charge >= 0.3 is 5.97 Å². The van der Waals surface area contributed by atoms with E-state index in [1.807, 2.05) is 24.3 Å². The molecule has 2 heterocycles. The number of hydrogen-bond acceptors (Lipinski definition) is 4. The van der Waals surface area contributed by atoms with Gasteiger partial charge in [-0.2, -0.15) is 0 Å². The SMILES string of the molecule is CN1CCC(C)(COC(=O)[C@@H]2CCOc3ccccc32)CC1. The molecule has 1 aromatic carbocycles. The van der Waals surface area contributed by atoms with Gasteiger partial charge in [-0.1, -0.05) is 25.1 Å². The molecule has 1 fully saturated rings. The minimum absolute atomic E-state index is 0.101. The zero-order chi connectivity index (χ0) is 15.6. The van der Waals surface area contributed by atoms with E-state index in [2.05, 4.69) is 18.9 Å². The van der Waals surface area contributed by atoms with Crippen molar-refractivity contribution in [1.29, 1.82) is 0 Å². The molecule has 3 rings (SSSR count). The second-order valence-electron chi connectivity index (χ2n) is 6.95. The van der Waals surface area contributed by atoms with Gasteiger partial charge in [0.1, 0.15) is 5.75 Å². The Kier molecular flexibility index (Phi) is 4.39. The molecule has 1 atom stereocenters. The van der Waals surface area contributed by atoms with E-state index in [1.54, 1.807) is 0 Å². The molecule has 22 heavy (non-hydrogen) atoms. The highest BCUT2D eigenvalue weighted by Gasteiger charge is 2.33. The number of rotatable bonds is 3. The van der Waals surface area contributed by atoms with Crippen molar-refractivity contribution in [2.24, 2.45) is 5.41 Å². The summed E-state index contributed by atoms with van der Waals surface area (Å²) in [6, 6.07) is 7.78. The standard InChI is InChI=1S/C18H25NO3/c1-18(8-10-19(2)11-9-18)13-22-17(20)15-7-12-21-16-6-4-3-5-14(15)16/h3-6,15H,7-13H2,1-2H3/t15-/m1/s1. The van der Waals surface area contributed by atoms with E-state index >= 15 is 0 Å².